The number of fused-ring (bicyclic) bond motifs is 3. The number of rotatable bonds is 9. The lowest BCUT2D eigenvalue weighted by Gasteiger charge is -2.38. The van der Waals surface area contributed by atoms with Gasteiger partial charge in [0.2, 0.25) is 33.6 Å². The van der Waals surface area contributed by atoms with E-state index >= 15 is 4.79 Å². The number of hydrogen-bond donors (Lipinski definition) is 1. The molecule has 1 N–H and O–H groups in total. The van der Waals surface area contributed by atoms with Gasteiger partial charge in [-0.2, -0.15) is 0 Å². The minimum absolute atomic E-state index is 0.0165. The van der Waals surface area contributed by atoms with Crippen molar-refractivity contribution in [2.24, 2.45) is 29.1 Å². The Hall–Kier alpha value is -4.11. The molecule has 1 aromatic heterocycles. The fourth-order valence-corrected chi connectivity index (χ4v) is 11.0. The second kappa shape index (κ2) is 16.7. The molecular formula is C44H59FN4O9S. The van der Waals surface area contributed by atoms with Crippen LogP contribution < -0.4 is 14.2 Å². The summed E-state index contributed by atoms with van der Waals surface area (Å²) >= 11 is 0. The van der Waals surface area contributed by atoms with Crippen molar-refractivity contribution in [3.8, 4) is 11.6 Å². The third kappa shape index (κ3) is 8.87. The summed E-state index contributed by atoms with van der Waals surface area (Å²) in [6.45, 7) is 10.4. The molecule has 0 radical (unpaired) electrons. The second-order valence-electron chi connectivity index (χ2n) is 18.2. The van der Waals surface area contributed by atoms with E-state index in [0.717, 1.165) is 6.42 Å². The summed E-state index contributed by atoms with van der Waals surface area (Å²) in [6, 6.07) is 3.14. The van der Waals surface area contributed by atoms with E-state index in [1.807, 2.05) is 32.9 Å². The number of carbonyl (C=O) groups excluding carboxylic acids is 4. The quantitative estimate of drug-likeness (QED) is 0.309. The number of pyridine rings is 1. The van der Waals surface area contributed by atoms with E-state index in [0.29, 0.717) is 68.1 Å². The van der Waals surface area contributed by atoms with Crippen LogP contribution in [0, 0.1) is 34.9 Å². The molecule has 322 valence electrons. The van der Waals surface area contributed by atoms with E-state index in [1.165, 1.54) is 30.3 Å². The molecule has 5 aliphatic rings. The van der Waals surface area contributed by atoms with Gasteiger partial charge >= 0.3 is 0 Å². The number of hydrogen-bond acceptors (Lipinski definition) is 10. The molecule has 15 heteroatoms. The second-order valence-corrected chi connectivity index (χ2v) is 20.4. The molecule has 1 aromatic carbocycles. The van der Waals surface area contributed by atoms with Gasteiger partial charge in [-0.25, -0.2) is 17.8 Å². The fraction of sp³-hybridized carbons (Fsp3) is 0.659. The summed E-state index contributed by atoms with van der Waals surface area (Å²) in [5, 5.41) is 0.928. The van der Waals surface area contributed by atoms with E-state index in [2.05, 4.69) is 16.6 Å². The molecule has 2 aromatic rings. The highest BCUT2D eigenvalue weighted by molar-refractivity contribution is 7.91. The predicted molar refractivity (Wildman–Crippen MR) is 218 cm³/mol. The maximum Gasteiger partial charge on any atom is 0.240 e. The third-order valence-electron chi connectivity index (χ3n) is 13.6. The number of Topliss-reactive ketones (excluding diaryl/α,β-unsaturated/α-hetero) is 1. The Kier molecular flexibility index (Phi) is 12.2. The zero-order valence-corrected chi connectivity index (χ0v) is 35.9. The van der Waals surface area contributed by atoms with Crippen LogP contribution in [0.25, 0.3) is 10.8 Å². The molecule has 2 unspecified atom stereocenters. The van der Waals surface area contributed by atoms with Crippen LogP contribution in [0.2, 0.25) is 0 Å². The lowest BCUT2D eigenvalue weighted by Crippen LogP contribution is -2.51. The molecule has 0 spiro atoms. The Balaban J connectivity index is 1.25. The number of allylic oxidation sites excluding steroid dienone is 2. The van der Waals surface area contributed by atoms with Crippen molar-refractivity contribution in [3.05, 3.63) is 42.4 Å². The van der Waals surface area contributed by atoms with Crippen molar-refractivity contribution in [1.29, 1.82) is 0 Å². The first-order chi connectivity index (χ1) is 28.0. The van der Waals surface area contributed by atoms with E-state index < -0.39 is 50.0 Å². The number of carbonyl (C=O) groups is 4. The van der Waals surface area contributed by atoms with Crippen molar-refractivity contribution in [2.45, 2.75) is 128 Å². The summed E-state index contributed by atoms with van der Waals surface area (Å²) in [7, 11) is -2.50. The number of nitrogens with one attached hydrogen (secondary N) is 1. The number of nitrogens with zero attached hydrogens (tertiary/aromatic N) is 3. The lowest BCUT2D eigenvalue weighted by atomic mass is 9.79. The van der Waals surface area contributed by atoms with Crippen LogP contribution in [-0.4, -0.2) is 103 Å². The molecule has 3 aliphatic heterocycles. The average Bonchev–Trinajstić information content (AvgIpc) is 4.07. The van der Waals surface area contributed by atoms with Gasteiger partial charge in [0.1, 0.15) is 17.7 Å². The number of morpholine rings is 1. The van der Waals surface area contributed by atoms with Crippen molar-refractivity contribution >= 4 is 44.3 Å². The highest BCUT2D eigenvalue weighted by Gasteiger charge is 2.63. The molecule has 59 heavy (non-hydrogen) atoms. The topological polar surface area (TPSA) is 162 Å². The molecule has 4 fully saturated rings. The molecule has 7 rings (SSSR count). The number of benzene rings is 1. The molecule has 0 bridgehead atoms. The van der Waals surface area contributed by atoms with Gasteiger partial charge in [-0.1, -0.05) is 32.4 Å². The molecule has 9 atom stereocenters. The summed E-state index contributed by atoms with van der Waals surface area (Å²) < 4.78 is 60.4. The Morgan fingerprint density at radius 1 is 1.07 bits per heavy atom. The molecule has 2 saturated carbocycles. The van der Waals surface area contributed by atoms with Crippen molar-refractivity contribution in [1.82, 2.24) is 19.5 Å². The van der Waals surface area contributed by atoms with Crippen molar-refractivity contribution < 1.29 is 46.2 Å². The van der Waals surface area contributed by atoms with Gasteiger partial charge in [0.15, 0.2) is 5.78 Å². The predicted octanol–water partition coefficient (Wildman–Crippen LogP) is 5.74. The molecule has 2 aliphatic carbocycles. The number of amides is 3. The summed E-state index contributed by atoms with van der Waals surface area (Å²) in [4.78, 5) is 66.0. The highest BCUT2D eigenvalue weighted by Crippen LogP contribution is 2.58. The van der Waals surface area contributed by atoms with Crippen LogP contribution in [0.15, 0.2) is 36.5 Å². The standard InChI is InChI=1S/C44H59FN4O9S/c1-7-29-16-26(2)10-8-9-11-30-20-44(30,42(53)47-59(54,55)43(5)14-15-43)21-37(50)36-18-32(58-40-35-17-31(45)12-13-33(35)38(56-6)22-46-40)25-49(36)41(52)34(29)19-39(51)48-23-27(3)57-28(4)24-48/h9,11-13,17,22,26-30,32,34,36H,7-8,10,14-16,18-21,23-25H2,1-6H3,(H,47,53)/b11-9-/t26-,27?,28?,29-,30-,32-,34+,36+,44-/m1/s1. The van der Waals surface area contributed by atoms with E-state index in [9.17, 15) is 27.2 Å². The number of sulfonamides is 1. The average molecular weight is 839 g/mol. The van der Waals surface area contributed by atoms with Crippen molar-refractivity contribution in [3.63, 3.8) is 0 Å². The van der Waals surface area contributed by atoms with E-state index in [1.54, 1.807) is 17.9 Å². The number of ether oxygens (including phenoxy) is 3. The number of halogens is 1. The third-order valence-corrected chi connectivity index (χ3v) is 15.7. The van der Waals surface area contributed by atoms with Gasteiger partial charge in [-0.3, -0.25) is 23.9 Å². The monoisotopic (exact) mass is 838 g/mol. The Morgan fingerprint density at radius 3 is 2.47 bits per heavy atom. The van der Waals surface area contributed by atoms with E-state index in [4.69, 9.17) is 14.2 Å². The first kappa shape index (κ1) is 43.0. The van der Waals surface area contributed by atoms with Gasteiger partial charge in [0, 0.05) is 43.7 Å². The minimum atomic E-state index is -3.98. The number of ketones is 1. The summed E-state index contributed by atoms with van der Waals surface area (Å²) in [6.07, 6.45) is 8.12. The van der Waals surface area contributed by atoms with Gasteiger partial charge < -0.3 is 24.0 Å². The minimum Gasteiger partial charge on any atom is -0.494 e. The molecule has 3 amide bonds. The summed E-state index contributed by atoms with van der Waals surface area (Å²) in [5.41, 5.74) is -1.30. The van der Waals surface area contributed by atoms with Crippen LogP contribution in [0.5, 0.6) is 11.6 Å². The Labute approximate surface area is 346 Å². The smallest absolute Gasteiger partial charge is 0.240 e. The van der Waals surface area contributed by atoms with Gasteiger partial charge in [0.05, 0.1) is 53.6 Å². The zero-order chi connectivity index (χ0) is 42.4. The van der Waals surface area contributed by atoms with Crippen molar-refractivity contribution in [2.75, 3.05) is 26.7 Å². The van der Waals surface area contributed by atoms with Crippen LogP contribution in [0.1, 0.15) is 98.8 Å². The van der Waals surface area contributed by atoms with Crippen LogP contribution >= 0.6 is 0 Å². The maximum absolute atomic E-state index is 15.3. The lowest BCUT2D eigenvalue weighted by molar-refractivity contribution is -0.151. The molecule has 4 heterocycles. The largest absolute Gasteiger partial charge is 0.494 e. The first-order valence-electron chi connectivity index (χ1n) is 21.3. The van der Waals surface area contributed by atoms with Gasteiger partial charge in [-0.15, -0.1) is 0 Å². The normalized spacial score (nSPS) is 32.9. The SMILES string of the molecule is CC[C@@H]1C[C@H](C)CC/C=C\[C@@H]2C[C@@]2(C(=O)NS(=O)(=O)C2(C)CC2)CC(=O)[C@@H]2C[C@@H](Oc3ncc(OC)c4ccc(F)cc34)CN2C(=O)[C@H]1CC(=O)N1CC(C)OC(C)C1. The van der Waals surface area contributed by atoms with Crippen LogP contribution in [0.3, 0.4) is 0 Å². The molecule has 2 saturated heterocycles. The molecular weight excluding hydrogens is 780 g/mol. The first-order valence-corrected chi connectivity index (χ1v) is 22.7. The zero-order valence-electron chi connectivity index (χ0n) is 35.1. The van der Waals surface area contributed by atoms with E-state index in [-0.39, 0.29) is 79.2 Å². The number of aromatic nitrogens is 1. The maximum atomic E-state index is 15.3. The van der Waals surface area contributed by atoms with Crippen LogP contribution in [-0.2, 0) is 33.9 Å². The highest BCUT2D eigenvalue weighted by atomic mass is 32.2. The van der Waals surface area contributed by atoms with Gasteiger partial charge in [0.25, 0.3) is 0 Å². The Morgan fingerprint density at radius 2 is 1.80 bits per heavy atom. The van der Waals surface area contributed by atoms with Gasteiger partial charge in [-0.05, 0) is 95.2 Å². The summed E-state index contributed by atoms with van der Waals surface area (Å²) in [5.74, 6) is -2.63. The molecule has 13 nitrogen and oxygen atoms in total. The Bertz CT molecular complexity index is 2100. The fourth-order valence-electron chi connectivity index (χ4n) is 9.62. The number of methoxy groups -OCH3 is 1. The van der Waals surface area contributed by atoms with Crippen LogP contribution in [0.4, 0.5) is 4.39 Å².